The number of carbonyl (C=O) groups is 2. The number of carboxylic acids is 1. The first-order valence-corrected chi connectivity index (χ1v) is 9.69. The summed E-state index contributed by atoms with van der Waals surface area (Å²) in [5, 5.41) is 12.4. The fourth-order valence-corrected chi connectivity index (χ4v) is 3.43. The number of hydrogen-bond donors (Lipinski definition) is 2. The molecule has 0 unspecified atom stereocenters. The number of aromatic carboxylic acids is 1. The minimum Gasteiger partial charge on any atom is -0.478 e. The molecule has 2 N–H and O–H groups in total. The Morgan fingerprint density at radius 3 is 2.33 bits per heavy atom. The summed E-state index contributed by atoms with van der Waals surface area (Å²) in [4.78, 5) is 28.6. The molecule has 3 rings (SSSR count). The topological polar surface area (TPSA) is 72.9 Å². The SMILES string of the molecule is CCN1CCN(c2ccc(NC(=O)c3ccc(Br)cc3)cc2C(=O)O)CC1. The van der Waals surface area contributed by atoms with Crippen molar-refractivity contribution in [2.24, 2.45) is 0 Å². The fourth-order valence-electron chi connectivity index (χ4n) is 3.17. The number of hydrogen-bond acceptors (Lipinski definition) is 4. The van der Waals surface area contributed by atoms with E-state index in [1.807, 2.05) is 0 Å². The van der Waals surface area contributed by atoms with E-state index in [1.54, 1.807) is 36.4 Å². The van der Waals surface area contributed by atoms with Crippen LogP contribution in [0.3, 0.4) is 0 Å². The van der Waals surface area contributed by atoms with Gasteiger partial charge in [0, 0.05) is 41.9 Å². The molecule has 7 heteroatoms. The number of amides is 1. The molecule has 6 nitrogen and oxygen atoms in total. The van der Waals surface area contributed by atoms with Crippen LogP contribution in [0, 0.1) is 0 Å². The highest BCUT2D eigenvalue weighted by atomic mass is 79.9. The average Bonchev–Trinajstić information content (AvgIpc) is 2.68. The Hall–Kier alpha value is -2.38. The van der Waals surface area contributed by atoms with Gasteiger partial charge in [0.15, 0.2) is 0 Å². The van der Waals surface area contributed by atoms with Crippen LogP contribution in [0.4, 0.5) is 11.4 Å². The quantitative estimate of drug-likeness (QED) is 0.757. The molecular weight excluding hydrogens is 410 g/mol. The molecule has 1 heterocycles. The van der Waals surface area contributed by atoms with E-state index in [2.05, 4.69) is 38.0 Å². The van der Waals surface area contributed by atoms with E-state index in [4.69, 9.17) is 0 Å². The summed E-state index contributed by atoms with van der Waals surface area (Å²) in [6.45, 7) is 6.54. The van der Waals surface area contributed by atoms with Crippen molar-refractivity contribution in [2.45, 2.75) is 6.92 Å². The number of anilines is 2. The number of nitrogens with one attached hydrogen (secondary N) is 1. The van der Waals surface area contributed by atoms with Gasteiger partial charge in [0.1, 0.15) is 0 Å². The third kappa shape index (κ3) is 4.67. The summed E-state index contributed by atoms with van der Waals surface area (Å²) >= 11 is 3.34. The number of likely N-dealkylation sites (N-methyl/N-ethyl adjacent to an activating group) is 1. The highest BCUT2D eigenvalue weighted by Gasteiger charge is 2.21. The predicted molar refractivity (Wildman–Crippen MR) is 110 cm³/mol. The van der Waals surface area contributed by atoms with Gasteiger partial charge < -0.3 is 20.2 Å². The maximum absolute atomic E-state index is 12.4. The maximum Gasteiger partial charge on any atom is 0.337 e. The molecule has 1 fully saturated rings. The molecule has 0 bridgehead atoms. The van der Waals surface area contributed by atoms with Crippen molar-refractivity contribution in [3.63, 3.8) is 0 Å². The highest BCUT2D eigenvalue weighted by molar-refractivity contribution is 9.10. The smallest absolute Gasteiger partial charge is 0.337 e. The van der Waals surface area contributed by atoms with Gasteiger partial charge in [-0.25, -0.2) is 4.79 Å². The summed E-state index contributed by atoms with van der Waals surface area (Å²) in [7, 11) is 0. The van der Waals surface area contributed by atoms with E-state index in [9.17, 15) is 14.7 Å². The summed E-state index contributed by atoms with van der Waals surface area (Å²) < 4.78 is 0.889. The van der Waals surface area contributed by atoms with Gasteiger partial charge in [0.05, 0.1) is 11.3 Å². The van der Waals surface area contributed by atoms with Crippen LogP contribution in [0.1, 0.15) is 27.6 Å². The number of rotatable bonds is 5. The molecule has 0 aliphatic carbocycles. The minimum absolute atomic E-state index is 0.202. The van der Waals surface area contributed by atoms with Crippen LogP contribution in [0.5, 0.6) is 0 Å². The molecule has 1 aliphatic rings. The van der Waals surface area contributed by atoms with Gasteiger partial charge in [-0.15, -0.1) is 0 Å². The van der Waals surface area contributed by atoms with Crippen molar-refractivity contribution in [1.82, 2.24) is 4.90 Å². The molecule has 0 atom stereocenters. The van der Waals surface area contributed by atoms with Crippen molar-refractivity contribution < 1.29 is 14.7 Å². The van der Waals surface area contributed by atoms with E-state index < -0.39 is 5.97 Å². The zero-order chi connectivity index (χ0) is 19.4. The van der Waals surface area contributed by atoms with Crippen molar-refractivity contribution in [2.75, 3.05) is 42.9 Å². The molecule has 0 saturated carbocycles. The average molecular weight is 432 g/mol. The predicted octanol–water partition coefficient (Wildman–Crippen LogP) is 3.54. The fraction of sp³-hybridized carbons (Fsp3) is 0.300. The Kier molecular flexibility index (Phi) is 6.13. The van der Waals surface area contributed by atoms with Crippen molar-refractivity contribution in [3.8, 4) is 0 Å². The molecule has 1 aliphatic heterocycles. The molecule has 0 spiro atoms. The van der Waals surface area contributed by atoms with Gasteiger partial charge in [-0.3, -0.25) is 4.79 Å². The number of carbonyl (C=O) groups excluding carboxylic acids is 1. The van der Waals surface area contributed by atoms with E-state index in [1.165, 1.54) is 6.07 Å². The lowest BCUT2D eigenvalue weighted by atomic mass is 10.1. The summed E-state index contributed by atoms with van der Waals surface area (Å²) in [6, 6.07) is 12.1. The summed E-state index contributed by atoms with van der Waals surface area (Å²) in [5.74, 6) is -1.27. The second kappa shape index (κ2) is 8.54. The largest absolute Gasteiger partial charge is 0.478 e. The Morgan fingerprint density at radius 2 is 1.74 bits per heavy atom. The van der Waals surface area contributed by atoms with Gasteiger partial charge in [-0.1, -0.05) is 22.9 Å². The Balaban J connectivity index is 1.78. The standard InChI is InChI=1S/C20H22BrN3O3/c1-2-23-9-11-24(12-10-23)18-8-7-16(13-17(18)20(26)27)22-19(25)14-3-5-15(21)6-4-14/h3-8,13H,2,9-12H2,1H3,(H,22,25)(H,26,27). The minimum atomic E-state index is -0.998. The Bertz CT molecular complexity index is 831. The van der Waals surface area contributed by atoms with E-state index >= 15 is 0 Å². The third-order valence-corrected chi connectivity index (χ3v) is 5.28. The maximum atomic E-state index is 12.4. The second-order valence-electron chi connectivity index (χ2n) is 6.42. The van der Waals surface area contributed by atoms with Crippen LogP contribution in [-0.2, 0) is 0 Å². The molecule has 1 amide bonds. The van der Waals surface area contributed by atoms with Crippen LogP contribution in [0.2, 0.25) is 0 Å². The first-order chi connectivity index (χ1) is 13.0. The van der Waals surface area contributed by atoms with Crippen LogP contribution < -0.4 is 10.2 Å². The molecule has 2 aromatic carbocycles. The van der Waals surface area contributed by atoms with Crippen LogP contribution >= 0.6 is 15.9 Å². The lowest BCUT2D eigenvalue weighted by Crippen LogP contribution is -2.46. The number of halogens is 1. The lowest BCUT2D eigenvalue weighted by molar-refractivity contribution is 0.0697. The first kappa shape index (κ1) is 19.4. The molecule has 0 aromatic heterocycles. The van der Waals surface area contributed by atoms with Gasteiger partial charge in [0.25, 0.3) is 5.91 Å². The normalized spacial score (nSPS) is 14.8. The van der Waals surface area contributed by atoms with Crippen molar-refractivity contribution in [3.05, 3.63) is 58.1 Å². The molecular formula is C20H22BrN3O3. The molecule has 27 heavy (non-hydrogen) atoms. The zero-order valence-corrected chi connectivity index (χ0v) is 16.7. The van der Waals surface area contributed by atoms with Gasteiger partial charge in [-0.2, -0.15) is 0 Å². The van der Waals surface area contributed by atoms with E-state index in [0.717, 1.165) is 37.2 Å². The van der Waals surface area contributed by atoms with Crippen molar-refractivity contribution in [1.29, 1.82) is 0 Å². The highest BCUT2D eigenvalue weighted by Crippen LogP contribution is 2.26. The summed E-state index contributed by atoms with van der Waals surface area (Å²) in [5.41, 5.74) is 1.87. The molecule has 2 aromatic rings. The molecule has 1 saturated heterocycles. The van der Waals surface area contributed by atoms with Crippen molar-refractivity contribution >= 4 is 39.2 Å². The second-order valence-corrected chi connectivity index (χ2v) is 7.34. The summed E-state index contributed by atoms with van der Waals surface area (Å²) in [6.07, 6.45) is 0. The zero-order valence-electron chi connectivity index (χ0n) is 15.1. The first-order valence-electron chi connectivity index (χ1n) is 8.89. The number of piperazine rings is 1. The molecule has 142 valence electrons. The van der Waals surface area contributed by atoms with Gasteiger partial charge in [-0.05, 0) is 49.0 Å². The van der Waals surface area contributed by atoms with Gasteiger partial charge in [0.2, 0.25) is 0 Å². The van der Waals surface area contributed by atoms with Crippen LogP contribution in [-0.4, -0.2) is 54.6 Å². The Labute approximate surface area is 166 Å². The molecule has 0 radical (unpaired) electrons. The van der Waals surface area contributed by atoms with Crippen LogP contribution in [0.25, 0.3) is 0 Å². The lowest BCUT2D eigenvalue weighted by Gasteiger charge is -2.36. The monoisotopic (exact) mass is 431 g/mol. The van der Waals surface area contributed by atoms with E-state index in [-0.39, 0.29) is 11.5 Å². The third-order valence-electron chi connectivity index (χ3n) is 4.75. The van der Waals surface area contributed by atoms with E-state index in [0.29, 0.717) is 16.9 Å². The van der Waals surface area contributed by atoms with Gasteiger partial charge >= 0.3 is 5.97 Å². The number of carboxylic acid groups (broad SMARTS) is 1. The Morgan fingerprint density at radius 1 is 1.07 bits per heavy atom. The van der Waals surface area contributed by atoms with Crippen LogP contribution in [0.15, 0.2) is 46.9 Å². The number of nitrogens with zero attached hydrogens (tertiary/aromatic N) is 2. The number of benzene rings is 2.